The van der Waals surface area contributed by atoms with Crippen LogP contribution < -0.4 is 5.32 Å². The molecule has 2 aromatic carbocycles. The monoisotopic (exact) mass is 321 g/mol. The van der Waals surface area contributed by atoms with Crippen molar-refractivity contribution in [1.82, 2.24) is 0 Å². The van der Waals surface area contributed by atoms with Crippen LogP contribution in [0, 0.1) is 19.7 Å². The Hall–Kier alpha value is -1.68. The van der Waals surface area contributed by atoms with Crippen LogP contribution >= 0.6 is 15.9 Å². The zero-order chi connectivity index (χ0) is 14.0. The lowest BCUT2D eigenvalue weighted by atomic mass is 10.1. The maximum absolute atomic E-state index is 13.0. The highest BCUT2D eigenvalue weighted by Crippen LogP contribution is 2.26. The minimum absolute atomic E-state index is 0.246. The normalized spacial score (nSPS) is 10.3. The number of carbonyl (C=O) groups excluding carboxylic acids is 1. The Morgan fingerprint density at radius 2 is 1.89 bits per heavy atom. The van der Waals surface area contributed by atoms with Crippen LogP contribution in [-0.2, 0) is 0 Å². The third kappa shape index (κ3) is 3.01. The first kappa shape index (κ1) is 13.7. The summed E-state index contributed by atoms with van der Waals surface area (Å²) in [5.41, 5.74) is 2.82. The van der Waals surface area contributed by atoms with Crippen LogP contribution in [0.5, 0.6) is 0 Å². The number of hydrogen-bond donors (Lipinski definition) is 1. The van der Waals surface area contributed by atoms with Gasteiger partial charge in [0, 0.05) is 10.0 Å². The van der Waals surface area contributed by atoms with E-state index in [1.807, 2.05) is 25.1 Å². The second kappa shape index (κ2) is 5.53. The van der Waals surface area contributed by atoms with E-state index < -0.39 is 0 Å². The van der Waals surface area contributed by atoms with Gasteiger partial charge < -0.3 is 5.32 Å². The van der Waals surface area contributed by atoms with Gasteiger partial charge in [-0.05, 0) is 65.2 Å². The SMILES string of the molecule is Cc1cc(F)ccc1C(=O)Nc1cccc(C)c1Br. The van der Waals surface area contributed by atoms with Gasteiger partial charge in [0.1, 0.15) is 5.82 Å². The van der Waals surface area contributed by atoms with E-state index in [0.29, 0.717) is 16.8 Å². The van der Waals surface area contributed by atoms with Gasteiger partial charge in [0.05, 0.1) is 5.69 Å². The Morgan fingerprint density at radius 1 is 1.16 bits per heavy atom. The van der Waals surface area contributed by atoms with Crippen molar-refractivity contribution in [3.63, 3.8) is 0 Å². The quantitative estimate of drug-likeness (QED) is 0.869. The van der Waals surface area contributed by atoms with Gasteiger partial charge in [-0.25, -0.2) is 4.39 Å². The molecule has 0 saturated carbocycles. The number of hydrogen-bond acceptors (Lipinski definition) is 1. The molecule has 0 fully saturated rings. The summed E-state index contributed by atoms with van der Waals surface area (Å²) in [7, 11) is 0. The second-order valence-corrected chi connectivity index (χ2v) is 5.14. The van der Waals surface area contributed by atoms with E-state index in [1.165, 1.54) is 18.2 Å². The summed E-state index contributed by atoms with van der Waals surface area (Å²) in [6, 6.07) is 9.75. The molecule has 0 aliphatic carbocycles. The van der Waals surface area contributed by atoms with Crippen LogP contribution in [0.3, 0.4) is 0 Å². The van der Waals surface area contributed by atoms with Crippen molar-refractivity contribution >= 4 is 27.5 Å². The van der Waals surface area contributed by atoms with Gasteiger partial charge in [-0.15, -0.1) is 0 Å². The zero-order valence-corrected chi connectivity index (χ0v) is 12.2. The van der Waals surface area contributed by atoms with E-state index in [0.717, 1.165) is 10.0 Å². The predicted molar refractivity (Wildman–Crippen MR) is 78.0 cm³/mol. The first-order valence-electron chi connectivity index (χ1n) is 5.81. The number of halogens is 2. The average molecular weight is 322 g/mol. The smallest absolute Gasteiger partial charge is 0.255 e. The molecule has 4 heteroatoms. The predicted octanol–water partition coefficient (Wildman–Crippen LogP) is 4.46. The van der Waals surface area contributed by atoms with Crippen molar-refractivity contribution < 1.29 is 9.18 Å². The van der Waals surface area contributed by atoms with Crippen LogP contribution in [-0.4, -0.2) is 5.91 Å². The molecule has 2 rings (SSSR count). The highest BCUT2D eigenvalue weighted by molar-refractivity contribution is 9.10. The highest BCUT2D eigenvalue weighted by atomic mass is 79.9. The van der Waals surface area contributed by atoms with Gasteiger partial charge in [0.25, 0.3) is 5.91 Å². The lowest BCUT2D eigenvalue weighted by molar-refractivity contribution is 0.102. The van der Waals surface area contributed by atoms with E-state index in [1.54, 1.807) is 6.92 Å². The summed E-state index contributed by atoms with van der Waals surface area (Å²) in [5.74, 6) is -0.588. The third-order valence-corrected chi connectivity index (χ3v) is 3.93. The Balaban J connectivity index is 2.28. The lowest BCUT2D eigenvalue weighted by Crippen LogP contribution is -2.14. The van der Waals surface area contributed by atoms with Crippen LogP contribution in [0.4, 0.5) is 10.1 Å². The van der Waals surface area contributed by atoms with Gasteiger partial charge in [0.2, 0.25) is 0 Å². The van der Waals surface area contributed by atoms with E-state index in [-0.39, 0.29) is 11.7 Å². The largest absolute Gasteiger partial charge is 0.321 e. The van der Waals surface area contributed by atoms with Gasteiger partial charge in [-0.3, -0.25) is 4.79 Å². The summed E-state index contributed by atoms with van der Waals surface area (Å²) in [4.78, 5) is 12.2. The molecule has 1 amide bonds. The third-order valence-electron chi connectivity index (χ3n) is 2.87. The van der Waals surface area contributed by atoms with E-state index in [2.05, 4.69) is 21.2 Å². The van der Waals surface area contributed by atoms with Crippen molar-refractivity contribution in [2.75, 3.05) is 5.32 Å². The first-order chi connectivity index (χ1) is 8.99. The number of nitrogens with one attached hydrogen (secondary N) is 1. The molecule has 98 valence electrons. The minimum Gasteiger partial charge on any atom is -0.321 e. The fourth-order valence-electron chi connectivity index (χ4n) is 1.82. The molecule has 1 N–H and O–H groups in total. The molecule has 2 aromatic rings. The van der Waals surface area contributed by atoms with Gasteiger partial charge >= 0.3 is 0 Å². The zero-order valence-electron chi connectivity index (χ0n) is 10.6. The van der Waals surface area contributed by atoms with Gasteiger partial charge in [-0.1, -0.05) is 12.1 Å². The molecular formula is C15H13BrFNO. The fourth-order valence-corrected chi connectivity index (χ4v) is 2.18. The summed E-state index contributed by atoms with van der Waals surface area (Å²) in [6.45, 7) is 3.66. The van der Waals surface area contributed by atoms with E-state index in [4.69, 9.17) is 0 Å². The number of carbonyl (C=O) groups is 1. The number of amides is 1. The van der Waals surface area contributed by atoms with Crippen molar-refractivity contribution in [2.24, 2.45) is 0 Å². The molecule has 0 bridgehead atoms. The molecule has 19 heavy (non-hydrogen) atoms. The first-order valence-corrected chi connectivity index (χ1v) is 6.61. The number of anilines is 1. The molecule has 2 nitrogen and oxygen atoms in total. The van der Waals surface area contributed by atoms with Crippen molar-refractivity contribution in [1.29, 1.82) is 0 Å². The molecule has 0 saturated heterocycles. The Morgan fingerprint density at radius 3 is 2.58 bits per heavy atom. The molecule has 0 heterocycles. The standard InChI is InChI=1S/C15H13BrFNO/c1-9-4-3-5-13(14(9)16)18-15(19)12-7-6-11(17)8-10(12)2/h3-8H,1-2H3,(H,18,19). The number of aryl methyl sites for hydroxylation is 2. The van der Waals surface area contributed by atoms with Crippen molar-refractivity contribution in [3.05, 3.63) is 63.4 Å². The minimum atomic E-state index is -0.342. The molecule has 0 aliphatic heterocycles. The molecule has 0 spiro atoms. The van der Waals surface area contributed by atoms with Crippen LogP contribution in [0.15, 0.2) is 40.9 Å². The van der Waals surface area contributed by atoms with E-state index in [9.17, 15) is 9.18 Å². The second-order valence-electron chi connectivity index (χ2n) is 4.35. The molecule has 0 unspecified atom stereocenters. The van der Waals surface area contributed by atoms with E-state index >= 15 is 0 Å². The summed E-state index contributed by atoms with van der Waals surface area (Å²) < 4.78 is 13.9. The maximum atomic E-state index is 13.0. The summed E-state index contributed by atoms with van der Waals surface area (Å²) >= 11 is 3.44. The summed E-state index contributed by atoms with van der Waals surface area (Å²) in [5, 5.41) is 2.82. The highest BCUT2D eigenvalue weighted by Gasteiger charge is 2.12. The maximum Gasteiger partial charge on any atom is 0.255 e. The summed E-state index contributed by atoms with van der Waals surface area (Å²) in [6.07, 6.45) is 0. The average Bonchev–Trinajstić information content (AvgIpc) is 2.34. The topological polar surface area (TPSA) is 29.1 Å². The molecule has 0 radical (unpaired) electrons. The van der Waals surface area contributed by atoms with Crippen molar-refractivity contribution in [2.45, 2.75) is 13.8 Å². The Kier molecular flexibility index (Phi) is 4.00. The van der Waals surface area contributed by atoms with Crippen LogP contribution in [0.1, 0.15) is 21.5 Å². The molecule has 0 aliphatic rings. The number of benzene rings is 2. The van der Waals surface area contributed by atoms with Gasteiger partial charge in [0.15, 0.2) is 0 Å². The van der Waals surface area contributed by atoms with Gasteiger partial charge in [-0.2, -0.15) is 0 Å². The number of rotatable bonds is 2. The van der Waals surface area contributed by atoms with Crippen molar-refractivity contribution in [3.8, 4) is 0 Å². The molecular weight excluding hydrogens is 309 g/mol. The molecule has 0 aromatic heterocycles. The Bertz CT molecular complexity index is 640. The van der Waals surface area contributed by atoms with Crippen LogP contribution in [0.2, 0.25) is 0 Å². The lowest BCUT2D eigenvalue weighted by Gasteiger charge is -2.10. The molecule has 0 atom stereocenters. The Labute approximate surface area is 119 Å². The fraction of sp³-hybridized carbons (Fsp3) is 0.133. The van der Waals surface area contributed by atoms with Crippen LogP contribution in [0.25, 0.3) is 0 Å².